The zero-order chi connectivity index (χ0) is 20.4. The molecular formula is C22H30N6S. The van der Waals surface area contributed by atoms with Crippen molar-refractivity contribution in [2.45, 2.75) is 77.9 Å². The minimum Gasteiger partial charge on any atom is -0.360 e. The lowest BCUT2D eigenvalue weighted by molar-refractivity contribution is 0.300. The number of tetrazole rings is 1. The van der Waals surface area contributed by atoms with E-state index in [1.165, 1.54) is 36.6 Å². The number of nitrogens with one attached hydrogen (secondary N) is 1. The van der Waals surface area contributed by atoms with Gasteiger partial charge in [-0.25, -0.2) is 0 Å². The second-order valence-electron chi connectivity index (χ2n) is 8.16. The molecule has 1 aliphatic carbocycles. The van der Waals surface area contributed by atoms with E-state index >= 15 is 0 Å². The third kappa shape index (κ3) is 4.06. The maximum atomic E-state index is 5.85. The average Bonchev–Trinajstić information content (AvgIpc) is 3.43. The largest absolute Gasteiger partial charge is 0.360 e. The summed E-state index contributed by atoms with van der Waals surface area (Å²) < 4.78 is 1.86. The molecule has 2 heterocycles. The first-order chi connectivity index (χ1) is 14.1. The van der Waals surface area contributed by atoms with Gasteiger partial charge in [-0.1, -0.05) is 32.8 Å². The molecule has 1 N–H and O–H groups in total. The third-order valence-corrected chi connectivity index (χ3v) is 6.52. The van der Waals surface area contributed by atoms with Crippen molar-refractivity contribution in [3.8, 4) is 0 Å². The van der Waals surface area contributed by atoms with Crippen LogP contribution in [-0.2, 0) is 13.0 Å². The normalized spacial score (nSPS) is 15.8. The second-order valence-corrected chi connectivity index (χ2v) is 8.54. The van der Waals surface area contributed by atoms with Gasteiger partial charge in [-0.15, -0.1) is 5.10 Å². The van der Waals surface area contributed by atoms with Crippen molar-refractivity contribution in [2.24, 2.45) is 0 Å². The van der Waals surface area contributed by atoms with Crippen molar-refractivity contribution in [3.05, 3.63) is 35.4 Å². The van der Waals surface area contributed by atoms with Crippen LogP contribution in [0.25, 0.3) is 16.6 Å². The van der Waals surface area contributed by atoms with E-state index in [2.05, 4.69) is 70.8 Å². The number of fused-ring (bicyclic) bond motifs is 3. The molecule has 4 rings (SSSR count). The van der Waals surface area contributed by atoms with E-state index in [0.717, 1.165) is 41.2 Å². The van der Waals surface area contributed by atoms with Crippen molar-refractivity contribution in [1.29, 1.82) is 0 Å². The van der Waals surface area contributed by atoms with Crippen molar-refractivity contribution in [2.75, 3.05) is 0 Å². The average molecular weight is 411 g/mol. The van der Waals surface area contributed by atoms with E-state index < -0.39 is 0 Å². The number of aromatic nitrogens is 4. The molecule has 1 fully saturated rings. The first kappa shape index (κ1) is 20.0. The molecule has 0 saturated heterocycles. The first-order valence-corrected chi connectivity index (χ1v) is 11.2. The predicted octanol–water partition coefficient (Wildman–Crippen LogP) is 4.26. The molecule has 0 bridgehead atoms. The fourth-order valence-corrected chi connectivity index (χ4v) is 4.63. The molecule has 6 nitrogen and oxygen atoms in total. The van der Waals surface area contributed by atoms with Crippen molar-refractivity contribution < 1.29 is 0 Å². The Labute approximate surface area is 177 Å². The number of thiocarbonyl (C=S) groups is 1. The monoisotopic (exact) mass is 410 g/mol. The third-order valence-electron chi connectivity index (χ3n) is 6.16. The zero-order valence-corrected chi connectivity index (χ0v) is 18.4. The van der Waals surface area contributed by atoms with Gasteiger partial charge in [-0.3, -0.25) is 0 Å². The summed E-state index contributed by atoms with van der Waals surface area (Å²) in [7, 11) is 0. The van der Waals surface area contributed by atoms with Crippen LogP contribution in [0.4, 0.5) is 0 Å². The maximum Gasteiger partial charge on any atom is 0.184 e. The topological polar surface area (TPSA) is 58.3 Å². The summed E-state index contributed by atoms with van der Waals surface area (Å²) in [6, 6.07) is 9.60. The number of pyridine rings is 1. The molecule has 1 atom stereocenters. The highest BCUT2D eigenvalue weighted by molar-refractivity contribution is 7.80. The Kier molecular flexibility index (Phi) is 5.94. The van der Waals surface area contributed by atoms with Crippen LogP contribution in [0, 0.1) is 0 Å². The number of hydrogen-bond acceptors (Lipinski definition) is 4. The molecule has 7 heteroatoms. The lowest BCUT2D eigenvalue weighted by atomic mass is 10.1. The molecular weight excluding hydrogens is 380 g/mol. The molecule has 0 amide bonds. The lowest BCUT2D eigenvalue weighted by Gasteiger charge is -2.33. The molecule has 1 aromatic carbocycles. The van der Waals surface area contributed by atoms with Crippen molar-refractivity contribution in [1.82, 2.24) is 30.3 Å². The summed E-state index contributed by atoms with van der Waals surface area (Å²) in [5, 5.41) is 18.1. The van der Waals surface area contributed by atoms with Gasteiger partial charge < -0.3 is 10.2 Å². The van der Waals surface area contributed by atoms with Crippen LogP contribution in [-0.4, -0.2) is 42.1 Å². The Bertz CT molecular complexity index is 1010. The van der Waals surface area contributed by atoms with Gasteiger partial charge in [0.25, 0.3) is 0 Å². The van der Waals surface area contributed by atoms with Gasteiger partial charge in [0.15, 0.2) is 10.8 Å². The molecule has 154 valence electrons. The Morgan fingerprint density at radius 1 is 1.28 bits per heavy atom. The first-order valence-electron chi connectivity index (χ1n) is 10.8. The molecule has 0 aliphatic heterocycles. The number of aryl methyl sites for hydroxylation is 1. The Morgan fingerprint density at radius 3 is 2.79 bits per heavy atom. The van der Waals surface area contributed by atoms with Crippen LogP contribution >= 0.6 is 12.2 Å². The summed E-state index contributed by atoms with van der Waals surface area (Å²) in [5.74, 6) is 0. The second kappa shape index (κ2) is 8.61. The number of nitrogens with zero attached hydrogens (tertiary/aromatic N) is 5. The quantitative estimate of drug-likeness (QED) is 0.613. The molecule has 0 unspecified atom stereocenters. The van der Waals surface area contributed by atoms with Crippen LogP contribution < -0.4 is 5.32 Å². The standard InChI is InChI=1S/C22H30N6S/c1-4-15(3)23-22(29)27(19-8-6-7-9-19)14-18-13-17-12-16(5-2)10-11-20(17)28-21(18)24-25-26-28/h10-13,15,19H,4-9,14H2,1-3H3,(H,23,29)/t15-/m0/s1. The molecule has 1 aliphatic rings. The molecule has 3 aromatic rings. The van der Waals surface area contributed by atoms with Crippen molar-refractivity contribution >= 4 is 33.9 Å². The Hall–Kier alpha value is -2.28. The highest BCUT2D eigenvalue weighted by atomic mass is 32.1. The molecule has 29 heavy (non-hydrogen) atoms. The Balaban J connectivity index is 1.73. The maximum absolute atomic E-state index is 5.85. The lowest BCUT2D eigenvalue weighted by Crippen LogP contribution is -2.47. The molecule has 1 saturated carbocycles. The van der Waals surface area contributed by atoms with E-state index in [9.17, 15) is 0 Å². The highest BCUT2D eigenvalue weighted by Gasteiger charge is 2.26. The van der Waals surface area contributed by atoms with Gasteiger partial charge in [0.1, 0.15) is 0 Å². The molecule has 0 radical (unpaired) electrons. The van der Waals surface area contributed by atoms with Gasteiger partial charge >= 0.3 is 0 Å². The van der Waals surface area contributed by atoms with E-state index in [0.29, 0.717) is 12.1 Å². The number of benzene rings is 1. The summed E-state index contributed by atoms with van der Waals surface area (Å²) in [4.78, 5) is 2.37. The van der Waals surface area contributed by atoms with Crippen LogP contribution in [0.2, 0.25) is 0 Å². The minimum absolute atomic E-state index is 0.366. The van der Waals surface area contributed by atoms with Gasteiger partial charge in [0.05, 0.1) is 5.52 Å². The van der Waals surface area contributed by atoms with Gasteiger partial charge in [0, 0.05) is 29.6 Å². The van der Waals surface area contributed by atoms with E-state index in [1.807, 2.05) is 4.52 Å². The Morgan fingerprint density at radius 2 is 2.07 bits per heavy atom. The summed E-state index contributed by atoms with van der Waals surface area (Å²) in [5.41, 5.74) is 4.29. The summed E-state index contributed by atoms with van der Waals surface area (Å²) >= 11 is 5.85. The smallest absolute Gasteiger partial charge is 0.184 e. The number of rotatable bonds is 6. The highest BCUT2D eigenvalue weighted by Crippen LogP contribution is 2.28. The fourth-order valence-electron chi connectivity index (χ4n) is 4.21. The molecule has 0 spiro atoms. The number of hydrogen-bond donors (Lipinski definition) is 1. The SMILES string of the molecule is CCc1ccc2c(c1)cc(CN(C(=S)N[C@@H](C)CC)C1CCCC1)c1nnnn12. The van der Waals surface area contributed by atoms with E-state index in [-0.39, 0.29) is 0 Å². The van der Waals surface area contributed by atoms with E-state index in [4.69, 9.17) is 12.2 Å². The van der Waals surface area contributed by atoms with Crippen LogP contribution in [0.3, 0.4) is 0 Å². The molecule has 2 aromatic heterocycles. The fraction of sp³-hybridized carbons (Fsp3) is 0.545. The van der Waals surface area contributed by atoms with Gasteiger partial charge in [-0.05, 0) is 79.0 Å². The van der Waals surface area contributed by atoms with Gasteiger partial charge in [0.2, 0.25) is 0 Å². The minimum atomic E-state index is 0.366. The van der Waals surface area contributed by atoms with Crippen LogP contribution in [0.5, 0.6) is 0 Å². The van der Waals surface area contributed by atoms with Gasteiger partial charge in [-0.2, -0.15) is 4.52 Å². The predicted molar refractivity (Wildman–Crippen MR) is 121 cm³/mol. The van der Waals surface area contributed by atoms with E-state index in [1.54, 1.807) is 0 Å². The van der Waals surface area contributed by atoms with Crippen molar-refractivity contribution in [3.63, 3.8) is 0 Å². The van der Waals surface area contributed by atoms with Crippen LogP contribution in [0.1, 0.15) is 64.0 Å². The summed E-state index contributed by atoms with van der Waals surface area (Å²) in [6.07, 6.45) is 6.98. The summed E-state index contributed by atoms with van der Waals surface area (Å²) in [6.45, 7) is 7.27. The zero-order valence-electron chi connectivity index (χ0n) is 17.6. The van der Waals surface area contributed by atoms with Crippen LogP contribution in [0.15, 0.2) is 24.3 Å².